The molecule has 2 rings (SSSR count). The lowest BCUT2D eigenvalue weighted by Gasteiger charge is -2.09. The van der Waals surface area contributed by atoms with Crippen LogP contribution in [-0.2, 0) is 4.74 Å². The lowest BCUT2D eigenvalue weighted by molar-refractivity contribution is 0.0943. The van der Waals surface area contributed by atoms with Crippen molar-refractivity contribution in [1.29, 1.82) is 0 Å². The first-order chi connectivity index (χ1) is 15.0. The Morgan fingerprint density at radius 2 is 1.81 bits per heavy atom. The first-order valence-corrected chi connectivity index (χ1v) is 10.5. The third-order valence-corrected chi connectivity index (χ3v) is 4.09. The lowest BCUT2D eigenvalue weighted by Crippen LogP contribution is -2.30. The van der Waals surface area contributed by atoms with Crippen molar-refractivity contribution in [2.45, 2.75) is 47.6 Å². The second-order valence-corrected chi connectivity index (χ2v) is 6.60. The number of rotatable bonds is 8. The SMILES string of the molecule is C/C=C(/C=C/Nc1ccc(-c2cncc(C(=O)NC(C)C)c2)cn1)C(=C/C)\OC.CC. The number of carbonyl (C=O) groups is 1. The predicted octanol–water partition coefficient (Wildman–Crippen LogP) is 5.73. The first kappa shape index (κ1) is 25.6. The molecule has 166 valence electrons. The maximum absolute atomic E-state index is 12.2. The van der Waals surface area contributed by atoms with Crippen molar-refractivity contribution >= 4 is 11.7 Å². The van der Waals surface area contributed by atoms with Crippen LogP contribution in [0.15, 0.2) is 72.5 Å². The van der Waals surface area contributed by atoms with E-state index in [2.05, 4.69) is 20.6 Å². The predicted molar refractivity (Wildman–Crippen MR) is 129 cm³/mol. The number of nitrogens with zero attached hydrogens (tertiary/aromatic N) is 2. The van der Waals surface area contributed by atoms with Gasteiger partial charge in [0.05, 0.1) is 12.7 Å². The van der Waals surface area contributed by atoms with Gasteiger partial charge in [0.2, 0.25) is 0 Å². The fourth-order valence-corrected chi connectivity index (χ4v) is 2.66. The summed E-state index contributed by atoms with van der Waals surface area (Å²) in [5.41, 5.74) is 3.22. The van der Waals surface area contributed by atoms with E-state index in [9.17, 15) is 4.79 Å². The highest BCUT2D eigenvalue weighted by Gasteiger charge is 2.09. The van der Waals surface area contributed by atoms with Gasteiger partial charge < -0.3 is 15.4 Å². The Morgan fingerprint density at radius 3 is 2.35 bits per heavy atom. The molecule has 2 heterocycles. The van der Waals surface area contributed by atoms with E-state index in [0.717, 1.165) is 22.5 Å². The highest BCUT2D eigenvalue weighted by molar-refractivity contribution is 5.95. The molecule has 0 aliphatic heterocycles. The minimum absolute atomic E-state index is 0.0714. The Kier molecular flexibility index (Phi) is 11.4. The Balaban J connectivity index is 0.00000233. The normalized spacial score (nSPS) is 11.7. The van der Waals surface area contributed by atoms with E-state index in [-0.39, 0.29) is 11.9 Å². The van der Waals surface area contributed by atoms with Crippen molar-refractivity contribution < 1.29 is 9.53 Å². The number of methoxy groups -OCH3 is 1. The van der Waals surface area contributed by atoms with Gasteiger partial charge in [-0.3, -0.25) is 9.78 Å². The number of aromatic nitrogens is 2. The van der Waals surface area contributed by atoms with E-state index in [0.29, 0.717) is 11.4 Å². The number of amides is 1. The molecule has 0 fully saturated rings. The summed E-state index contributed by atoms with van der Waals surface area (Å²) < 4.78 is 5.33. The van der Waals surface area contributed by atoms with Crippen LogP contribution in [0.3, 0.4) is 0 Å². The van der Waals surface area contributed by atoms with Crippen molar-refractivity contribution in [2.24, 2.45) is 0 Å². The van der Waals surface area contributed by atoms with Crippen LogP contribution in [0.25, 0.3) is 11.1 Å². The summed E-state index contributed by atoms with van der Waals surface area (Å²) >= 11 is 0. The van der Waals surface area contributed by atoms with Crippen molar-refractivity contribution in [2.75, 3.05) is 12.4 Å². The highest BCUT2D eigenvalue weighted by atomic mass is 16.5. The van der Waals surface area contributed by atoms with Crippen molar-refractivity contribution in [1.82, 2.24) is 15.3 Å². The number of pyridine rings is 2. The topological polar surface area (TPSA) is 76.1 Å². The summed E-state index contributed by atoms with van der Waals surface area (Å²) in [6.45, 7) is 11.7. The maximum atomic E-state index is 12.2. The van der Waals surface area contributed by atoms with Gasteiger partial charge in [-0.15, -0.1) is 0 Å². The quantitative estimate of drug-likeness (QED) is 0.420. The molecule has 2 N–H and O–H groups in total. The molecule has 31 heavy (non-hydrogen) atoms. The Hall–Kier alpha value is -3.41. The van der Waals surface area contributed by atoms with Crippen LogP contribution in [0.2, 0.25) is 0 Å². The fourth-order valence-electron chi connectivity index (χ4n) is 2.66. The van der Waals surface area contributed by atoms with Gasteiger partial charge in [-0.05, 0) is 58.0 Å². The van der Waals surface area contributed by atoms with Gasteiger partial charge in [0.25, 0.3) is 5.91 Å². The Bertz CT molecular complexity index is 913. The zero-order chi connectivity index (χ0) is 23.2. The molecule has 0 atom stereocenters. The van der Waals surface area contributed by atoms with Gasteiger partial charge in [-0.25, -0.2) is 4.98 Å². The third-order valence-electron chi connectivity index (χ3n) is 4.09. The van der Waals surface area contributed by atoms with Gasteiger partial charge in [0.15, 0.2) is 0 Å². The van der Waals surface area contributed by atoms with E-state index in [1.54, 1.807) is 25.7 Å². The Morgan fingerprint density at radius 1 is 1.06 bits per heavy atom. The molecule has 0 aliphatic rings. The average molecular weight is 423 g/mol. The van der Waals surface area contributed by atoms with Crippen LogP contribution in [-0.4, -0.2) is 29.0 Å². The second-order valence-electron chi connectivity index (χ2n) is 6.60. The number of allylic oxidation sites excluding steroid dienone is 3. The van der Waals surface area contributed by atoms with E-state index >= 15 is 0 Å². The first-order valence-electron chi connectivity index (χ1n) is 10.5. The number of hydrogen-bond donors (Lipinski definition) is 2. The summed E-state index contributed by atoms with van der Waals surface area (Å²) in [6.07, 6.45) is 12.7. The van der Waals surface area contributed by atoms with E-state index in [4.69, 9.17) is 4.74 Å². The monoisotopic (exact) mass is 422 g/mol. The summed E-state index contributed by atoms with van der Waals surface area (Å²) in [5.74, 6) is 1.38. The highest BCUT2D eigenvalue weighted by Crippen LogP contribution is 2.20. The summed E-state index contributed by atoms with van der Waals surface area (Å²) in [4.78, 5) is 20.8. The minimum Gasteiger partial charge on any atom is -0.496 e. The standard InChI is InChI=1S/C23H28N4O2.C2H6/c1-6-17(21(7-2)29-5)10-11-25-22-9-8-18(15-26-22)19-12-20(14-24-13-19)23(28)27-16(3)4;1-2/h6-16H,1-5H3,(H,25,26)(H,27,28);1-2H3/b11-10+,17-6-,21-7+;. The minimum atomic E-state index is -0.137. The molecule has 0 saturated heterocycles. The molecule has 0 spiro atoms. The van der Waals surface area contributed by atoms with Gasteiger partial charge in [0, 0.05) is 47.5 Å². The molecule has 0 aromatic carbocycles. The van der Waals surface area contributed by atoms with Gasteiger partial charge >= 0.3 is 0 Å². The number of ether oxygens (including phenoxy) is 1. The number of hydrogen-bond acceptors (Lipinski definition) is 5. The average Bonchev–Trinajstić information content (AvgIpc) is 2.80. The zero-order valence-electron chi connectivity index (χ0n) is 19.6. The van der Waals surface area contributed by atoms with Crippen LogP contribution in [0.4, 0.5) is 5.82 Å². The summed E-state index contributed by atoms with van der Waals surface area (Å²) in [6, 6.07) is 5.70. The maximum Gasteiger partial charge on any atom is 0.253 e. The van der Waals surface area contributed by atoms with Gasteiger partial charge in [-0.2, -0.15) is 0 Å². The molecule has 0 bridgehead atoms. The van der Waals surface area contributed by atoms with E-state index in [1.165, 1.54) is 0 Å². The third kappa shape index (κ3) is 8.09. The fraction of sp³-hybridized carbons (Fsp3) is 0.320. The van der Waals surface area contributed by atoms with Crippen molar-refractivity contribution in [3.63, 3.8) is 0 Å². The summed E-state index contributed by atoms with van der Waals surface area (Å²) in [5, 5.41) is 6.02. The van der Waals surface area contributed by atoms with E-state index < -0.39 is 0 Å². The zero-order valence-corrected chi connectivity index (χ0v) is 19.6. The Labute approximate surface area is 186 Å². The largest absolute Gasteiger partial charge is 0.496 e. The number of nitrogens with one attached hydrogen (secondary N) is 2. The van der Waals surface area contributed by atoms with Crippen molar-refractivity contribution in [3.05, 3.63) is 78.1 Å². The molecule has 0 aliphatic carbocycles. The molecule has 0 saturated carbocycles. The molecule has 6 heteroatoms. The molecule has 1 amide bonds. The number of anilines is 1. The lowest BCUT2D eigenvalue weighted by atomic mass is 10.1. The number of carbonyl (C=O) groups excluding carboxylic acids is 1. The van der Waals surface area contributed by atoms with Crippen LogP contribution in [0, 0.1) is 0 Å². The molecule has 2 aromatic heterocycles. The molecule has 2 aromatic rings. The van der Waals surface area contributed by atoms with E-state index in [1.807, 2.05) is 84.2 Å². The molecule has 6 nitrogen and oxygen atoms in total. The molecular weight excluding hydrogens is 388 g/mol. The van der Waals surface area contributed by atoms with Crippen LogP contribution < -0.4 is 10.6 Å². The van der Waals surface area contributed by atoms with Crippen molar-refractivity contribution in [3.8, 4) is 11.1 Å². The molecular formula is C25H34N4O2. The van der Waals surface area contributed by atoms with Gasteiger partial charge in [-0.1, -0.05) is 19.9 Å². The van der Waals surface area contributed by atoms with Crippen LogP contribution in [0.5, 0.6) is 0 Å². The van der Waals surface area contributed by atoms with Crippen LogP contribution >= 0.6 is 0 Å². The molecule has 0 unspecified atom stereocenters. The summed E-state index contributed by atoms with van der Waals surface area (Å²) in [7, 11) is 1.65. The smallest absolute Gasteiger partial charge is 0.253 e. The second kappa shape index (κ2) is 13.7. The van der Waals surface area contributed by atoms with Gasteiger partial charge in [0.1, 0.15) is 11.6 Å². The molecule has 0 radical (unpaired) electrons. The van der Waals surface area contributed by atoms with Crippen LogP contribution in [0.1, 0.15) is 51.9 Å².